The maximum Gasteiger partial charge on any atom is 0.173 e. The topological polar surface area (TPSA) is 34.1 Å². The van der Waals surface area contributed by atoms with Crippen LogP contribution in [0.4, 0.5) is 0 Å². The molecule has 0 amide bonds. The molecule has 0 heterocycles. The third-order valence-corrected chi connectivity index (χ3v) is 8.92. The first-order chi connectivity index (χ1) is 19.6. The minimum atomic E-state index is 0.106. The standard InChI is InChI=1S/C36H26O2S2/c37-35(23-39-33-19-17-25-5-1-3-7-31(25)21-33)29-13-9-27(10-14-29)28-11-15-30(16-12-28)36(38)24-40-34-20-18-26-6-2-4-8-32(26)22-34/h1-22H,23-24H2. The van der Waals surface area contributed by atoms with Crippen molar-refractivity contribution < 1.29 is 9.59 Å². The Balaban J connectivity index is 1.05. The van der Waals surface area contributed by atoms with Gasteiger partial charge in [0.05, 0.1) is 11.5 Å². The van der Waals surface area contributed by atoms with E-state index in [0.717, 1.165) is 20.9 Å². The average molecular weight is 555 g/mol. The molecule has 0 N–H and O–H groups in total. The van der Waals surface area contributed by atoms with Crippen LogP contribution in [0.15, 0.2) is 143 Å². The van der Waals surface area contributed by atoms with Gasteiger partial charge in [-0.2, -0.15) is 0 Å². The van der Waals surface area contributed by atoms with E-state index in [-0.39, 0.29) is 11.6 Å². The van der Waals surface area contributed by atoms with Crippen molar-refractivity contribution in [2.24, 2.45) is 0 Å². The lowest BCUT2D eigenvalue weighted by molar-refractivity contribution is 0.101. The third kappa shape index (κ3) is 6.04. The smallest absolute Gasteiger partial charge is 0.173 e. The predicted molar refractivity (Wildman–Crippen MR) is 170 cm³/mol. The number of benzene rings is 6. The van der Waals surface area contributed by atoms with Crippen molar-refractivity contribution in [1.29, 1.82) is 0 Å². The largest absolute Gasteiger partial charge is 0.293 e. The van der Waals surface area contributed by atoms with Crippen LogP contribution in [-0.4, -0.2) is 23.1 Å². The van der Waals surface area contributed by atoms with Gasteiger partial charge in [-0.1, -0.05) is 109 Å². The first kappa shape index (κ1) is 26.1. The van der Waals surface area contributed by atoms with Crippen LogP contribution in [0.5, 0.6) is 0 Å². The molecule has 4 heteroatoms. The van der Waals surface area contributed by atoms with Crippen molar-refractivity contribution in [3.8, 4) is 11.1 Å². The Morgan fingerprint density at radius 2 is 0.800 bits per heavy atom. The zero-order valence-electron chi connectivity index (χ0n) is 21.7. The molecule has 6 aromatic rings. The van der Waals surface area contributed by atoms with Gasteiger partial charge in [-0.3, -0.25) is 9.59 Å². The highest BCUT2D eigenvalue weighted by Crippen LogP contribution is 2.27. The molecule has 0 saturated heterocycles. The van der Waals surface area contributed by atoms with E-state index < -0.39 is 0 Å². The van der Waals surface area contributed by atoms with Crippen LogP contribution in [0.3, 0.4) is 0 Å². The summed E-state index contributed by atoms with van der Waals surface area (Å²) >= 11 is 3.13. The molecular weight excluding hydrogens is 529 g/mol. The Hall–Kier alpha value is -4.12. The van der Waals surface area contributed by atoms with Gasteiger partial charge in [-0.25, -0.2) is 0 Å². The molecule has 40 heavy (non-hydrogen) atoms. The Morgan fingerprint density at radius 1 is 0.425 bits per heavy atom. The number of fused-ring (bicyclic) bond motifs is 2. The summed E-state index contributed by atoms with van der Waals surface area (Å²) in [6.07, 6.45) is 0. The van der Waals surface area contributed by atoms with Crippen LogP contribution in [0.2, 0.25) is 0 Å². The minimum absolute atomic E-state index is 0.106. The zero-order chi connectivity index (χ0) is 27.3. The molecule has 6 aromatic carbocycles. The summed E-state index contributed by atoms with van der Waals surface area (Å²) in [5, 5.41) is 4.76. The summed E-state index contributed by atoms with van der Waals surface area (Å²) in [6, 6.07) is 44.5. The summed E-state index contributed by atoms with van der Waals surface area (Å²) in [6.45, 7) is 0. The van der Waals surface area contributed by atoms with Crippen LogP contribution in [0, 0.1) is 0 Å². The molecule has 0 aliphatic heterocycles. The highest BCUT2D eigenvalue weighted by Gasteiger charge is 2.10. The first-order valence-electron chi connectivity index (χ1n) is 13.1. The van der Waals surface area contributed by atoms with E-state index in [1.165, 1.54) is 21.5 Å². The minimum Gasteiger partial charge on any atom is -0.293 e. The van der Waals surface area contributed by atoms with E-state index in [4.69, 9.17) is 0 Å². The molecule has 0 bridgehead atoms. The van der Waals surface area contributed by atoms with Gasteiger partial charge in [0, 0.05) is 20.9 Å². The van der Waals surface area contributed by atoms with Crippen LogP contribution in [0.25, 0.3) is 32.7 Å². The normalized spacial score (nSPS) is 11.1. The Kier molecular flexibility index (Phi) is 7.80. The molecule has 0 aliphatic rings. The van der Waals surface area contributed by atoms with E-state index in [9.17, 15) is 9.59 Å². The van der Waals surface area contributed by atoms with Gasteiger partial charge < -0.3 is 0 Å². The number of rotatable bonds is 9. The molecule has 0 aliphatic carbocycles. The fraction of sp³-hybridized carbons (Fsp3) is 0.0556. The van der Waals surface area contributed by atoms with E-state index >= 15 is 0 Å². The van der Waals surface area contributed by atoms with E-state index in [0.29, 0.717) is 22.6 Å². The van der Waals surface area contributed by atoms with Gasteiger partial charge in [0.25, 0.3) is 0 Å². The summed E-state index contributed by atoms with van der Waals surface area (Å²) in [4.78, 5) is 27.8. The maximum atomic E-state index is 12.8. The summed E-state index contributed by atoms with van der Waals surface area (Å²) < 4.78 is 0. The van der Waals surface area contributed by atoms with Crippen molar-refractivity contribution in [1.82, 2.24) is 0 Å². The Morgan fingerprint density at radius 3 is 1.20 bits per heavy atom. The number of hydrogen-bond acceptors (Lipinski definition) is 4. The van der Waals surface area contributed by atoms with Crippen molar-refractivity contribution in [3.05, 3.63) is 145 Å². The van der Waals surface area contributed by atoms with Crippen molar-refractivity contribution in [2.45, 2.75) is 9.79 Å². The maximum absolute atomic E-state index is 12.8. The van der Waals surface area contributed by atoms with E-state index in [1.807, 2.05) is 72.8 Å². The molecule has 0 fully saturated rings. The average Bonchev–Trinajstić information content (AvgIpc) is 3.02. The molecule has 0 atom stereocenters. The van der Waals surface area contributed by atoms with Crippen molar-refractivity contribution in [3.63, 3.8) is 0 Å². The highest BCUT2D eigenvalue weighted by atomic mass is 32.2. The molecule has 6 rings (SSSR count). The summed E-state index contributed by atoms with van der Waals surface area (Å²) in [5.41, 5.74) is 3.44. The Labute approximate surface area is 242 Å². The molecule has 0 saturated carbocycles. The second kappa shape index (κ2) is 12.0. The number of thioether (sulfide) groups is 2. The van der Waals surface area contributed by atoms with Gasteiger partial charge in [-0.15, -0.1) is 23.5 Å². The molecule has 0 unspecified atom stereocenters. The zero-order valence-corrected chi connectivity index (χ0v) is 23.4. The predicted octanol–water partition coefficient (Wildman–Crippen LogP) is 9.61. The molecule has 0 spiro atoms. The molecule has 2 nitrogen and oxygen atoms in total. The summed E-state index contributed by atoms with van der Waals surface area (Å²) in [7, 11) is 0. The fourth-order valence-electron chi connectivity index (χ4n) is 4.68. The highest BCUT2D eigenvalue weighted by molar-refractivity contribution is 8.00. The molecule has 0 aromatic heterocycles. The Bertz CT molecular complexity index is 1690. The van der Waals surface area contributed by atoms with Crippen molar-refractivity contribution in [2.75, 3.05) is 11.5 Å². The summed E-state index contributed by atoms with van der Waals surface area (Å²) in [5.74, 6) is 1.00. The van der Waals surface area contributed by atoms with Gasteiger partial charge in [0.1, 0.15) is 0 Å². The number of carbonyl (C=O) groups is 2. The number of carbonyl (C=O) groups excluding carboxylic acids is 2. The van der Waals surface area contributed by atoms with Crippen LogP contribution in [-0.2, 0) is 0 Å². The lowest BCUT2D eigenvalue weighted by atomic mass is 10.0. The SMILES string of the molecule is O=C(CSc1ccc2ccccc2c1)c1ccc(-c2ccc(C(=O)CSc3ccc4ccccc4c3)cc2)cc1. The molecule has 194 valence electrons. The quantitative estimate of drug-likeness (QED) is 0.132. The van der Waals surface area contributed by atoms with Crippen LogP contribution in [0.1, 0.15) is 20.7 Å². The van der Waals surface area contributed by atoms with Crippen LogP contribution < -0.4 is 0 Å². The van der Waals surface area contributed by atoms with Gasteiger partial charge in [-0.05, 0) is 56.9 Å². The number of hydrogen-bond donors (Lipinski definition) is 0. The number of ketones is 2. The lowest BCUT2D eigenvalue weighted by Crippen LogP contribution is -2.02. The third-order valence-electron chi connectivity index (χ3n) is 6.93. The van der Waals surface area contributed by atoms with Gasteiger partial charge >= 0.3 is 0 Å². The fourth-order valence-corrected chi connectivity index (χ4v) is 6.35. The lowest BCUT2D eigenvalue weighted by Gasteiger charge is -2.07. The number of Topliss-reactive ketones (excluding diaryl/α,β-unsaturated/α-hetero) is 2. The second-order valence-electron chi connectivity index (χ2n) is 9.60. The monoisotopic (exact) mass is 554 g/mol. The van der Waals surface area contributed by atoms with Crippen LogP contribution >= 0.6 is 23.5 Å². The van der Waals surface area contributed by atoms with E-state index in [1.54, 1.807) is 23.5 Å². The molecular formula is C36H26O2S2. The second-order valence-corrected chi connectivity index (χ2v) is 11.7. The van der Waals surface area contributed by atoms with Crippen molar-refractivity contribution >= 4 is 56.6 Å². The molecule has 0 radical (unpaired) electrons. The first-order valence-corrected chi connectivity index (χ1v) is 15.1. The van der Waals surface area contributed by atoms with Gasteiger partial charge in [0.15, 0.2) is 11.6 Å². The van der Waals surface area contributed by atoms with E-state index in [2.05, 4.69) is 60.7 Å². The van der Waals surface area contributed by atoms with Gasteiger partial charge in [0.2, 0.25) is 0 Å².